The van der Waals surface area contributed by atoms with Crippen molar-refractivity contribution in [1.29, 1.82) is 5.26 Å². The van der Waals surface area contributed by atoms with Gasteiger partial charge < -0.3 is 5.32 Å². The summed E-state index contributed by atoms with van der Waals surface area (Å²) in [4.78, 5) is 0. The Kier molecular flexibility index (Phi) is 4.10. The van der Waals surface area contributed by atoms with Crippen LogP contribution in [-0.2, 0) is 12.0 Å². The molecule has 0 aliphatic rings. The second-order valence-corrected chi connectivity index (χ2v) is 5.99. The van der Waals surface area contributed by atoms with Gasteiger partial charge in [-0.15, -0.1) is 0 Å². The van der Waals surface area contributed by atoms with Gasteiger partial charge in [-0.3, -0.25) is 0 Å². The molecule has 0 atom stereocenters. The van der Waals surface area contributed by atoms with Crippen molar-refractivity contribution >= 4 is 5.69 Å². The van der Waals surface area contributed by atoms with Crippen molar-refractivity contribution in [3.8, 4) is 6.07 Å². The highest BCUT2D eigenvalue weighted by Crippen LogP contribution is 2.23. The zero-order valence-electron chi connectivity index (χ0n) is 12.3. The lowest BCUT2D eigenvalue weighted by atomic mass is 9.87. The Morgan fingerprint density at radius 3 is 2.35 bits per heavy atom. The molecule has 0 aliphatic heterocycles. The fraction of sp³-hybridized carbons (Fsp3) is 0.278. The second kappa shape index (κ2) is 5.79. The van der Waals surface area contributed by atoms with E-state index in [4.69, 9.17) is 5.26 Å². The van der Waals surface area contributed by atoms with Gasteiger partial charge in [0.25, 0.3) is 0 Å². The summed E-state index contributed by atoms with van der Waals surface area (Å²) in [5.74, 6) is 0. The first-order valence-electron chi connectivity index (χ1n) is 6.82. The summed E-state index contributed by atoms with van der Waals surface area (Å²) >= 11 is 0. The van der Waals surface area contributed by atoms with Gasteiger partial charge in [0.1, 0.15) is 0 Å². The highest BCUT2D eigenvalue weighted by atomic mass is 14.9. The molecule has 0 bridgehead atoms. The Balaban J connectivity index is 2.02. The topological polar surface area (TPSA) is 35.8 Å². The number of hydrogen-bond donors (Lipinski definition) is 1. The summed E-state index contributed by atoms with van der Waals surface area (Å²) in [7, 11) is 0. The van der Waals surface area contributed by atoms with Crippen LogP contribution in [0.3, 0.4) is 0 Å². The molecule has 0 saturated heterocycles. The van der Waals surface area contributed by atoms with E-state index in [1.54, 1.807) is 0 Å². The molecule has 2 nitrogen and oxygen atoms in total. The van der Waals surface area contributed by atoms with E-state index in [1.807, 2.05) is 24.3 Å². The highest BCUT2D eigenvalue weighted by molar-refractivity contribution is 5.46. The molecule has 2 rings (SSSR count). The van der Waals surface area contributed by atoms with Crippen molar-refractivity contribution in [3.05, 3.63) is 65.2 Å². The minimum absolute atomic E-state index is 0.180. The van der Waals surface area contributed by atoms with Gasteiger partial charge in [0.15, 0.2) is 0 Å². The Hall–Kier alpha value is -2.27. The predicted molar refractivity (Wildman–Crippen MR) is 83.6 cm³/mol. The van der Waals surface area contributed by atoms with E-state index in [0.717, 1.165) is 17.8 Å². The predicted octanol–water partition coefficient (Wildman–Crippen LogP) is 4.47. The zero-order valence-corrected chi connectivity index (χ0v) is 12.3. The summed E-state index contributed by atoms with van der Waals surface area (Å²) in [5.41, 5.74) is 4.42. The van der Waals surface area contributed by atoms with Gasteiger partial charge in [-0.1, -0.05) is 45.0 Å². The molecule has 0 saturated carbocycles. The average Bonchev–Trinajstić information content (AvgIpc) is 2.45. The number of anilines is 1. The Morgan fingerprint density at radius 1 is 1.05 bits per heavy atom. The molecule has 0 fully saturated rings. The molecular formula is C18H20N2. The van der Waals surface area contributed by atoms with Crippen molar-refractivity contribution in [2.45, 2.75) is 32.7 Å². The number of hydrogen-bond acceptors (Lipinski definition) is 2. The fourth-order valence-electron chi connectivity index (χ4n) is 2.04. The molecule has 102 valence electrons. The third-order valence-corrected chi connectivity index (χ3v) is 3.30. The van der Waals surface area contributed by atoms with Crippen LogP contribution in [0.5, 0.6) is 0 Å². The number of nitrogens with one attached hydrogen (secondary N) is 1. The van der Waals surface area contributed by atoms with Crippen molar-refractivity contribution in [2.75, 3.05) is 5.32 Å². The first-order chi connectivity index (χ1) is 9.49. The van der Waals surface area contributed by atoms with E-state index in [-0.39, 0.29) is 5.41 Å². The molecule has 2 aromatic carbocycles. The standard InChI is InChI=1S/C18H20N2/c1-18(2,3)16-7-9-17(10-8-16)20-13-15-6-4-5-14(11-15)12-19/h4-11,20H,13H2,1-3H3. The summed E-state index contributed by atoms with van der Waals surface area (Å²) in [6.07, 6.45) is 0. The number of rotatable bonds is 3. The van der Waals surface area contributed by atoms with E-state index in [1.165, 1.54) is 5.56 Å². The second-order valence-electron chi connectivity index (χ2n) is 5.99. The largest absolute Gasteiger partial charge is 0.381 e. The van der Waals surface area contributed by atoms with E-state index in [9.17, 15) is 0 Å². The summed E-state index contributed by atoms with van der Waals surface area (Å²) in [6.45, 7) is 7.36. The van der Waals surface area contributed by atoms with Crippen LogP contribution in [-0.4, -0.2) is 0 Å². The van der Waals surface area contributed by atoms with Crippen LogP contribution in [0.25, 0.3) is 0 Å². The smallest absolute Gasteiger partial charge is 0.0991 e. The van der Waals surface area contributed by atoms with Gasteiger partial charge in [0.2, 0.25) is 0 Å². The molecule has 0 radical (unpaired) electrons. The van der Waals surface area contributed by atoms with Crippen LogP contribution >= 0.6 is 0 Å². The SMILES string of the molecule is CC(C)(C)c1ccc(NCc2cccc(C#N)c2)cc1. The molecule has 0 spiro atoms. The molecule has 0 heterocycles. The van der Waals surface area contributed by atoms with Crippen LogP contribution < -0.4 is 5.32 Å². The first kappa shape index (κ1) is 14.1. The summed E-state index contributed by atoms with van der Waals surface area (Å²) < 4.78 is 0. The van der Waals surface area contributed by atoms with Crippen LogP contribution in [0.1, 0.15) is 37.5 Å². The Bertz CT molecular complexity index is 613. The van der Waals surface area contributed by atoms with Crippen LogP contribution in [0.15, 0.2) is 48.5 Å². The molecule has 1 N–H and O–H groups in total. The van der Waals surface area contributed by atoms with Gasteiger partial charge in [0.05, 0.1) is 11.6 Å². The molecule has 0 unspecified atom stereocenters. The van der Waals surface area contributed by atoms with Gasteiger partial charge in [-0.05, 0) is 40.8 Å². The zero-order chi connectivity index (χ0) is 14.6. The Labute approximate surface area is 121 Å². The third-order valence-electron chi connectivity index (χ3n) is 3.30. The van der Waals surface area contributed by atoms with Crippen molar-refractivity contribution in [2.24, 2.45) is 0 Å². The van der Waals surface area contributed by atoms with E-state index < -0.39 is 0 Å². The van der Waals surface area contributed by atoms with E-state index in [0.29, 0.717) is 5.56 Å². The van der Waals surface area contributed by atoms with Gasteiger partial charge in [-0.2, -0.15) is 5.26 Å². The minimum Gasteiger partial charge on any atom is -0.381 e. The van der Waals surface area contributed by atoms with Gasteiger partial charge >= 0.3 is 0 Å². The van der Waals surface area contributed by atoms with Crippen molar-refractivity contribution in [1.82, 2.24) is 0 Å². The van der Waals surface area contributed by atoms with Crippen LogP contribution in [0.4, 0.5) is 5.69 Å². The normalized spacial score (nSPS) is 10.9. The van der Waals surface area contributed by atoms with Crippen LogP contribution in [0.2, 0.25) is 0 Å². The summed E-state index contributed by atoms with van der Waals surface area (Å²) in [5, 5.41) is 12.3. The lowest BCUT2D eigenvalue weighted by molar-refractivity contribution is 0.590. The monoisotopic (exact) mass is 264 g/mol. The molecular weight excluding hydrogens is 244 g/mol. The van der Waals surface area contributed by atoms with Gasteiger partial charge in [-0.25, -0.2) is 0 Å². The maximum absolute atomic E-state index is 8.88. The molecule has 0 amide bonds. The van der Waals surface area contributed by atoms with Crippen molar-refractivity contribution in [3.63, 3.8) is 0 Å². The summed E-state index contributed by atoms with van der Waals surface area (Å²) in [6, 6.07) is 18.4. The Morgan fingerprint density at radius 2 is 1.75 bits per heavy atom. The molecule has 2 aromatic rings. The molecule has 0 aliphatic carbocycles. The van der Waals surface area contributed by atoms with Crippen molar-refractivity contribution < 1.29 is 0 Å². The minimum atomic E-state index is 0.180. The molecule has 0 aromatic heterocycles. The maximum atomic E-state index is 8.88. The fourth-order valence-corrected chi connectivity index (χ4v) is 2.04. The number of nitriles is 1. The van der Waals surface area contributed by atoms with Gasteiger partial charge in [0, 0.05) is 12.2 Å². The lowest BCUT2D eigenvalue weighted by Gasteiger charge is -2.19. The third kappa shape index (κ3) is 3.61. The number of benzene rings is 2. The lowest BCUT2D eigenvalue weighted by Crippen LogP contribution is -2.10. The highest BCUT2D eigenvalue weighted by Gasteiger charge is 2.12. The first-order valence-corrected chi connectivity index (χ1v) is 6.82. The maximum Gasteiger partial charge on any atom is 0.0991 e. The van der Waals surface area contributed by atoms with E-state index in [2.05, 4.69) is 56.4 Å². The molecule has 20 heavy (non-hydrogen) atoms. The molecule has 2 heteroatoms. The number of nitrogens with zero attached hydrogens (tertiary/aromatic N) is 1. The average molecular weight is 264 g/mol. The van der Waals surface area contributed by atoms with E-state index >= 15 is 0 Å². The van der Waals surface area contributed by atoms with Crippen LogP contribution in [0, 0.1) is 11.3 Å². The quantitative estimate of drug-likeness (QED) is 0.888.